The number of hydrazone groups is 1. The van der Waals surface area contributed by atoms with Crippen molar-refractivity contribution in [1.82, 2.24) is 20.2 Å². The van der Waals surface area contributed by atoms with Crippen molar-refractivity contribution >= 4 is 23.2 Å². The van der Waals surface area contributed by atoms with Gasteiger partial charge in [-0.25, -0.2) is 0 Å². The highest BCUT2D eigenvalue weighted by atomic mass is 32.1. The fourth-order valence-electron chi connectivity index (χ4n) is 2.21. The van der Waals surface area contributed by atoms with Gasteiger partial charge in [-0.3, -0.25) is 5.43 Å². The fraction of sp³-hybridized carbons (Fsp3) is 0. The van der Waals surface area contributed by atoms with Crippen molar-refractivity contribution in [3.05, 3.63) is 77.7 Å². The molecule has 0 spiro atoms. The number of anilines is 1. The molecule has 2 heterocycles. The van der Waals surface area contributed by atoms with Gasteiger partial charge in [-0.1, -0.05) is 36.4 Å². The molecule has 25 heavy (non-hydrogen) atoms. The molecule has 0 aliphatic heterocycles. The molecule has 7 heteroatoms. The van der Waals surface area contributed by atoms with Gasteiger partial charge >= 0.3 is 0 Å². The van der Waals surface area contributed by atoms with Crippen molar-refractivity contribution in [2.45, 2.75) is 0 Å². The number of aromatic nitrogens is 4. The first-order valence-electron chi connectivity index (χ1n) is 7.68. The fourth-order valence-corrected chi connectivity index (χ4v) is 3.01. The molecular weight excluding hydrogens is 332 g/mol. The van der Waals surface area contributed by atoms with Crippen LogP contribution in [0.2, 0.25) is 0 Å². The van der Waals surface area contributed by atoms with Gasteiger partial charge in [0.2, 0.25) is 5.82 Å². The van der Waals surface area contributed by atoms with Crippen LogP contribution < -0.4 is 5.43 Å². The number of para-hydroxylation sites is 2. The molecule has 0 atom stereocenters. The molecule has 2 aromatic heterocycles. The maximum absolute atomic E-state index is 4.44. The third-order valence-corrected chi connectivity index (χ3v) is 4.42. The number of hydrogen-bond acceptors (Lipinski definition) is 6. The Morgan fingerprint density at radius 2 is 1.68 bits per heavy atom. The largest absolute Gasteiger partial charge is 0.278 e. The Bertz CT molecular complexity index is 975. The first-order valence-corrected chi connectivity index (χ1v) is 8.50. The number of benzene rings is 2. The van der Waals surface area contributed by atoms with E-state index in [9.17, 15) is 0 Å². The van der Waals surface area contributed by atoms with Gasteiger partial charge in [0.1, 0.15) is 0 Å². The third kappa shape index (κ3) is 3.61. The van der Waals surface area contributed by atoms with E-state index in [1.165, 1.54) is 4.80 Å². The molecule has 2 aromatic carbocycles. The molecule has 0 saturated heterocycles. The number of thiophene rings is 1. The molecular formula is C18H14N6S. The summed E-state index contributed by atoms with van der Waals surface area (Å²) in [6.45, 7) is 0. The highest BCUT2D eigenvalue weighted by Crippen LogP contribution is 2.24. The molecule has 0 aliphatic rings. The lowest BCUT2D eigenvalue weighted by Crippen LogP contribution is -1.97. The summed E-state index contributed by atoms with van der Waals surface area (Å²) in [6, 6.07) is 23.5. The Morgan fingerprint density at radius 1 is 0.920 bits per heavy atom. The Balaban J connectivity index is 1.47. The van der Waals surface area contributed by atoms with E-state index < -0.39 is 0 Å². The van der Waals surface area contributed by atoms with Crippen molar-refractivity contribution in [3.8, 4) is 16.4 Å². The van der Waals surface area contributed by atoms with Crippen LogP contribution in [0.15, 0.2) is 77.9 Å². The van der Waals surface area contributed by atoms with Crippen LogP contribution in [-0.2, 0) is 0 Å². The van der Waals surface area contributed by atoms with Gasteiger partial charge in [0.25, 0.3) is 0 Å². The molecule has 0 unspecified atom stereocenters. The Morgan fingerprint density at radius 3 is 2.48 bits per heavy atom. The summed E-state index contributed by atoms with van der Waals surface area (Å²) >= 11 is 1.56. The third-order valence-electron chi connectivity index (χ3n) is 3.41. The van der Waals surface area contributed by atoms with Crippen LogP contribution in [0.4, 0.5) is 5.69 Å². The zero-order valence-electron chi connectivity index (χ0n) is 13.1. The van der Waals surface area contributed by atoms with Crippen molar-refractivity contribution in [3.63, 3.8) is 0 Å². The predicted molar refractivity (Wildman–Crippen MR) is 100 cm³/mol. The van der Waals surface area contributed by atoms with E-state index in [0.29, 0.717) is 5.82 Å². The molecule has 122 valence electrons. The summed E-state index contributed by atoms with van der Waals surface area (Å²) < 4.78 is 0. The summed E-state index contributed by atoms with van der Waals surface area (Å²) in [5.74, 6) is 0.601. The number of nitrogens with zero attached hydrogens (tertiary/aromatic N) is 5. The van der Waals surface area contributed by atoms with Crippen LogP contribution in [0.25, 0.3) is 16.4 Å². The van der Waals surface area contributed by atoms with Crippen LogP contribution in [0.1, 0.15) is 4.88 Å². The number of rotatable bonds is 5. The minimum atomic E-state index is 0.601. The van der Waals surface area contributed by atoms with Gasteiger partial charge in [0, 0.05) is 4.88 Å². The van der Waals surface area contributed by atoms with Crippen molar-refractivity contribution in [1.29, 1.82) is 0 Å². The van der Waals surface area contributed by atoms with Crippen LogP contribution in [0.5, 0.6) is 0 Å². The standard InChI is InChI=1S/C18H14N6S/c1-3-7-14(8-4-1)20-19-13-16-11-12-17(25-16)18-21-23-24(22-18)15-9-5-2-6-10-15/h1-13,20H/b19-13+. The molecule has 0 aliphatic carbocycles. The molecule has 0 saturated carbocycles. The van der Waals surface area contributed by atoms with E-state index in [4.69, 9.17) is 0 Å². The van der Waals surface area contributed by atoms with E-state index in [-0.39, 0.29) is 0 Å². The lowest BCUT2D eigenvalue weighted by atomic mass is 10.3. The smallest absolute Gasteiger partial charge is 0.215 e. The molecule has 4 rings (SSSR count). The van der Waals surface area contributed by atoms with Gasteiger partial charge in [0.15, 0.2) is 0 Å². The first-order chi connectivity index (χ1) is 12.4. The molecule has 0 bridgehead atoms. The van der Waals surface area contributed by atoms with Gasteiger partial charge in [-0.15, -0.1) is 26.3 Å². The molecule has 0 fully saturated rings. The minimum absolute atomic E-state index is 0.601. The van der Waals surface area contributed by atoms with E-state index in [0.717, 1.165) is 21.1 Å². The minimum Gasteiger partial charge on any atom is -0.278 e. The van der Waals surface area contributed by atoms with Gasteiger partial charge in [-0.2, -0.15) is 5.10 Å². The monoisotopic (exact) mass is 346 g/mol. The maximum Gasteiger partial charge on any atom is 0.215 e. The van der Waals surface area contributed by atoms with Crippen LogP contribution in [-0.4, -0.2) is 26.4 Å². The SMILES string of the molecule is C(=N\Nc1ccccc1)/c1ccc(-c2nnn(-c3ccccc3)n2)s1. The second-order valence-corrected chi connectivity index (χ2v) is 6.29. The van der Waals surface area contributed by atoms with Crippen LogP contribution >= 0.6 is 11.3 Å². The maximum atomic E-state index is 4.44. The lowest BCUT2D eigenvalue weighted by molar-refractivity contribution is 0.720. The number of tetrazole rings is 1. The summed E-state index contributed by atoms with van der Waals surface area (Å²) in [4.78, 5) is 3.48. The predicted octanol–water partition coefficient (Wildman–Crippen LogP) is 3.84. The van der Waals surface area contributed by atoms with Crippen LogP contribution in [0.3, 0.4) is 0 Å². The summed E-state index contributed by atoms with van der Waals surface area (Å²) in [5.41, 5.74) is 4.82. The molecule has 0 amide bonds. The summed E-state index contributed by atoms with van der Waals surface area (Å²) in [6.07, 6.45) is 1.78. The normalized spacial score (nSPS) is 11.0. The quantitative estimate of drug-likeness (QED) is 0.440. The zero-order valence-corrected chi connectivity index (χ0v) is 14.0. The average molecular weight is 346 g/mol. The molecule has 4 aromatic rings. The highest BCUT2D eigenvalue weighted by molar-refractivity contribution is 7.17. The lowest BCUT2D eigenvalue weighted by Gasteiger charge is -1.97. The Hall–Kier alpha value is -3.32. The van der Waals surface area contributed by atoms with Gasteiger partial charge in [-0.05, 0) is 41.6 Å². The van der Waals surface area contributed by atoms with E-state index in [1.807, 2.05) is 72.8 Å². The van der Waals surface area contributed by atoms with E-state index in [2.05, 4.69) is 25.9 Å². The van der Waals surface area contributed by atoms with E-state index >= 15 is 0 Å². The summed E-state index contributed by atoms with van der Waals surface area (Å²) in [5, 5.41) is 16.9. The van der Waals surface area contributed by atoms with Gasteiger partial charge < -0.3 is 0 Å². The second-order valence-electron chi connectivity index (χ2n) is 5.18. The Kier molecular flexibility index (Phi) is 4.30. The average Bonchev–Trinajstić information content (AvgIpc) is 3.33. The molecule has 1 N–H and O–H groups in total. The summed E-state index contributed by atoms with van der Waals surface area (Å²) in [7, 11) is 0. The van der Waals surface area contributed by atoms with Gasteiger partial charge in [0.05, 0.1) is 22.5 Å². The molecule has 6 nitrogen and oxygen atoms in total. The van der Waals surface area contributed by atoms with Crippen LogP contribution in [0, 0.1) is 0 Å². The first kappa shape index (κ1) is 15.2. The van der Waals surface area contributed by atoms with Crippen molar-refractivity contribution in [2.24, 2.45) is 5.10 Å². The van der Waals surface area contributed by atoms with E-state index in [1.54, 1.807) is 17.6 Å². The van der Waals surface area contributed by atoms with Crippen molar-refractivity contribution in [2.75, 3.05) is 5.43 Å². The number of nitrogens with one attached hydrogen (secondary N) is 1. The zero-order chi connectivity index (χ0) is 16.9. The number of hydrogen-bond donors (Lipinski definition) is 1. The Labute approximate surface area is 148 Å². The van der Waals surface area contributed by atoms with Crippen molar-refractivity contribution < 1.29 is 0 Å². The molecule has 0 radical (unpaired) electrons. The second kappa shape index (κ2) is 7.06. The topological polar surface area (TPSA) is 68.0 Å². The highest BCUT2D eigenvalue weighted by Gasteiger charge is 2.09.